The van der Waals surface area contributed by atoms with Crippen molar-refractivity contribution >= 4 is 27.5 Å². The third kappa shape index (κ3) is 3.68. The molecule has 0 atom stereocenters. The third-order valence-electron chi connectivity index (χ3n) is 0.822. The Morgan fingerprint density at radius 2 is 2.00 bits per heavy atom. The van der Waals surface area contributed by atoms with Crippen molar-refractivity contribution in [1.29, 1.82) is 0 Å². The molecule has 0 amide bonds. The fourth-order valence-corrected chi connectivity index (χ4v) is 0.790. The van der Waals surface area contributed by atoms with E-state index in [-0.39, 0.29) is 0 Å². The van der Waals surface area contributed by atoms with Crippen molar-refractivity contribution in [2.24, 2.45) is 0 Å². The van der Waals surface area contributed by atoms with Crippen molar-refractivity contribution in [2.45, 2.75) is 20.8 Å². The molecule has 1 aromatic heterocycles. The van der Waals surface area contributed by atoms with Gasteiger partial charge in [-0.05, 0) is 22.9 Å². The molecule has 0 aliphatic heterocycles. The summed E-state index contributed by atoms with van der Waals surface area (Å²) in [6, 6.07) is 0. The molecule has 0 saturated heterocycles. The Hall–Kier alpha value is -0.150. The Labute approximate surface area is 80.1 Å². The maximum absolute atomic E-state index is 5.62. The van der Waals surface area contributed by atoms with E-state index in [0.717, 1.165) is 4.47 Å². The van der Waals surface area contributed by atoms with Crippen LogP contribution < -0.4 is 0 Å². The van der Waals surface area contributed by atoms with Crippen LogP contribution in [0.5, 0.6) is 0 Å². The standard InChI is InChI=1S/C5H4BrClN2.C2H6/c1-3-8-2-4(6)5(7)9-3;1-2/h2H,1H3;1-2H3. The minimum atomic E-state index is 0.461. The molecule has 62 valence electrons. The predicted molar refractivity (Wildman–Crippen MR) is 50.8 cm³/mol. The highest BCUT2D eigenvalue weighted by atomic mass is 79.9. The van der Waals surface area contributed by atoms with Gasteiger partial charge in [-0.15, -0.1) is 0 Å². The van der Waals surface area contributed by atoms with E-state index in [4.69, 9.17) is 11.6 Å². The molecule has 11 heavy (non-hydrogen) atoms. The summed E-state index contributed by atoms with van der Waals surface area (Å²) < 4.78 is 0.731. The van der Waals surface area contributed by atoms with Crippen LogP contribution >= 0.6 is 27.5 Å². The molecule has 0 bridgehead atoms. The van der Waals surface area contributed by atoms with Gasteiger partial charge in [-0.1, -0.05) is 25.4 Å². The Balaban J connectivity index is 0.000000461. The lowest BCUT2D eigenvalue weighted by Gasteiger charge is -1.92. The van der Waals surface area contributed by atoms with Gasteiger partial charge in [0.2, 0.25) is 0 Å². The maximum Gasteiger partial charge on any atom is 0.146 e. The van der Waals surface area contributed by atoms with Crippen molar-refractivity contribution in [2.75, 3.05) is 0 Å². The van der Waals surface area contributed by atoms with Gasteiger partial charge in [0.25, 0.3) is 0 Å². The Bertz CT molecular complexity index is 228. The lowest BCUT2D eigenvalue weighted by Crippen LogP contribution is -1.86. The second-order valence-corrected chi connectivity index (χ2v) is 2.77. The predicted octanol–water partition coefficient (Wildman–Crippen LogP) is 3.23. The van der Waals surface area contributed by atoms with Gasteiger partial charge in [-0.25, -0.2) is 9.97 Å². The van der Waals surface area contributed by atoms with Gasteiger partial charge in [0, 0.05) is 6.20 Å². The Morgan fingerprint density at radius 1 is 1.45 bits per heavy atom. The Morgan fingerprint density at radius 3 is 2.36 bits per heavy atom. The average molecular weight is 238 g/mol. The summed E-state index contributed by atoms with van der Waals surface area (Å²) in [6.45, 7) is 5.79. The molecular formula is C7H10BrClN2. The zero-order valence-electron chi connectivity index (χ0n) is 6.73. The number of nitrogens with zero attached hydrogens (tertiary/aromatic N) is 2. The third-order valence-corrected chi connectivity index (χ3v) is 1.92. The van der Waals surface area contributed by atoms with Crippen LogP contribution in [0.25, 0.3) is 0 Å². The smallest absolute Gasteiger partial charge is 0.146 e. The molecule has 0 radical (unpaired) electrons. The van der Waals surface area contributed by atoms with Crippen molar-refractivity contribution in [3.05, 3.63) is 21.6 Å². The molecule has 0 aromatic carbocycles. The van der Waals surface area contributed by atoms with Crippen molar-refractivity contribution in [3.8, 4) is 0 Å². The molecular weight excluding hydrogens is 227 g/mol. The number of aromatic nitrogens is 2. The minimum Gasteiger partial charge on any atom is -0.240 e. The molecule has 4 heteroatoms. The highest BCUT2D eigenvalue weighted by molar-refractivity contribution is 9.10. The minimum absolute atomic E-state index is 0.461. The van der Waals surface area contributed by atoms with Gasteiger partial charge in [0.1, 0.15) is 11.0 Å². The number of hydrogen-bond donors (Lipinski definition) is 0. The first kappa shape index (κ1) is 10.8. The van der Waals surface area contributed by atoms with E-state index in [1.807, 2.05) is 13.8 Å². The van der Waals surface area contributed by atoms with E-state index in [1.54, 1.807) is 13.1 Å². The van der Waals surface area contributed by atoms with Crippen LogP contribution in [0.3, 0.4) is 0 Å². The molecule has 1 heterocycles. The number of rotatable bonds is 0. The fourth-order valence-electron chi connectivity index (χ4n) is 0.428. The monoisotopic (exact) mass is 236 g/mol. The summed E-state index contributed by atoms with van der Waals surface area (Å²) in [6.07, 6.45) is 1.63. The number of aryl methyl sites for hydroxylation is 1. The lowest BCUT2D eigenvalue weighted by atomic mass is 10.6. The molecule has 2 nitrogen and oxygen atoms in total. The van der Waals surface area contributed by atoms with E-state index in [2.05, 4.69) is 25.9 Å². The zero-order valence-corrected chi connectivity index (χ0v) is 9.07. The summed E-state index contributed by atoms with van der Waals surface area (Å²) in [4.78, 5) is 7.78. The van der Waals surface area contributed by atoms with Crippen LogP contribution in [-0.2, 0) is 0 Å². The van der Waals surface area contributed by atoms with Crippen molar-refractivity contribution in [3.63, 3.8) is 0 Å². The first-order valence-electron chi connectivity index (χ1n) is 3.35. The SMILES string of the molecule is CC.Cc1ncc(Br)c(Cl)n1. The van der Waals surface area contributed by atoms with Gasteiger partial charge in [-0.2, -0.15) is 0 Å². The van der Waals surface area contributed by atoms with Crippen LogP contribution in [0.4, 0.5) is 0 Å². The van der Waals surface area contributed by atoms with E-state index in [9.17, 15) is 0 Å². The molecule has 0 aliphatic carbocycles. The average Bonchev–Trinajstić information content (AvgIpc) is 2.02. The second-order valence-electron chi connectivity index (χ2n) is 1.56. The van der Waals surface area contributed by atoms with Crippen LogP contribution in [-0.4, -0.2) is 9.97 Å². The van der Waals surface area contributed by atoms with Crippen LogP contribution in [0.2, 0.25) is 5.15 Å². The van der Waals surface area contributed by atoms with Crippen LogP contribution in [0, 0.1) is 6.92 Å². The van der Waals surface area contributed by atoms with Gasteiger partial charge < -0.3 is 0 Å². The maximum atomic E-state index is 5.62. The zero-order chi connectivity index (χ0) is 8.85. The topological polar surface area (TPSA) is 25.8 Å². The highest BCUT2D eigenvalue weighted by Crippen LogP contribution is 2.17. The van der Waals surface area contributed by atoms with Gasteiger partial charge in [0.05, 0.1) is 4.47 Å². The summed E-state index contributed by atoms with van der Waals surface area (Å²) >= 11 is 8.79. The molecule has 0 spiro atoms. The van der Waals surface area contributed by atoms with E-state index < -0.39 is 0 Å². The molecule has 0 unspecified atom stereocenters. The van der Waals surface area contributed by atoms with Crippen molar-refractivity contribution in [1.82, 2.24) is 9.97 Å². The molecule has 1 aromatic rings. The molecule has 0 N–H and O–H groups in total. The first-order valence-corrected chi connectivity index (χ1v) is 4.52. The number of halogens is 2. The van der Waals surface area contributed by atoms with Crippen LogP contribution in [0.1, 0.15) is 19.7 Å². The molecule has 0 fully saturated rings. The largest absolute Gasteiger partial charge is 0.240 e. The van der Waals surface area contributed by atoms with E-state index in [0.29, 0.717) is 11.0 Å². The molecule has 1 rings (SSSR count). The normalized spacial score (nSPS) is 8.45. The Kier molecular flexibility index (Phi) is 5.42. The molecule has 0 aliphatic rings. The van der Waals surface area contributed by atoms with E-state index >= 15 is 0 Å². The van der Waals surface area contributed by atoms with Gasteiger partial charge >= 0.3 is 0 Å². The van der Waals surface area contributed by atoms with Crippen LogP contribution in [0.15, 0.2) is 10.7 Å². The van der Waals surface area contributed by atoms with Gasteiger partial charge in [0.15, 0.2) is 0 Å². The quantitative estimate of drug-likeness (QED) is 0.648. The van der Waals surface area contributed by atoms with Gasteiger partial charge in [-0.3, -0.25) is 0 Å². The molecule has 0 saturated carbocycles. The summed E-state index contributed by atoms with van der Waals surface area (Å²) in [7, 11) is 0. The van der Waals surface area contributed by atoms with E-state index in [1.165, 1.54) is 0 Å². The lowest BCUT2D eigenvalue weighted by molar-refractivity contribution is 1.04. The van der Waals surface area contributed by atoms with Crippen molar-refractivity contribution < 1.29 is 0 Å². The summed E-state index contributed by atoms with van der Waals surface area (Å²) in [5, 5.41) is 0.461. The summed E-state index contributed by atoms with van der Waals surface area (Å²) in [5.74, 6) is 0.684. The number of hydrogen-bond acceptors (Lipinski definition) is 2. The first-order chi connectivity index (χ1) is 5.20. The highest BCUT2D eigenvalue weighted by Gasteiger charge is 1.96. The fraction of sp³-hybridized carbons (Fsp3) is 0.429. The second kappa shape index (κ2) is 5.49. The summed E-state index contributed by atoms with van der Waals surface area (Å²) in [5.41, 5.74) is 0.